The maximum atomic E-state index is 12.1. The summed E-state index contributed by atoms with van der Waals surface area (Å²) in [5.41, 5.74) is 0.650. The van der Waals surface area contributed by atoms with Crippen molar-refractivity contribution in [3.63, 3.8) is 0 Å². The van der Waals surface area contributed by atoms with Crippen LogP contribution in [0.25, 0.3) is 0 Å². The first-order valence-corrected chi connectivity index (χ1v) is 8.80. The smallest absolute Gasteiger partial charge is 0.216 e. The van der Waals surface area contributed by atoms with Gasteiger partial charge in [-0.15, -0.1) is 0 Å². The highest BCUT2D eigenvalue weighted by molar-refractivity contribution is 9.10. The van der Waals surface area contributed by atoms with Gasteiger partial charge in [0.2, 0.25) is 10.0 Å². The fourth-order valence-electron chi connectivity index (χ4n) is 2.09. The van der Waals surface area contributed by atoms with Crippen LogP contribution in [0.5, 0.6) is 0 Å². The van der Waals surface area contributed by atoms with Crippen LogP contribution in [0.3, 0.4) is 0 Å². The van der Waals surface area contributed by atoms with E-state index in [1.165, 1.54) is 0 Å². The molecule has 0 spiro atoms. The number of sulfonamides is 1. The molecule has 0 unspecified atom stereocenters. The minimum atomic E-state index is -3.44. The Morgan fingerprint density at radius 2 is 2.30 bits per heavy atom. The lowest BCUT2D eigenvalue weighted by Crippen LogP contribution is -2.37. The molecule has 1 aromatic carbocycles. The minimum absolute atomic E-state index is 0.117. The standard InChI is InChI=1S/C12H13BrClN3O2S/c13-12-5-10(14)2-1-9(12)7-20(18,19)16-11-3-4-17(6-11)8-15/h1-2,5,11,16H,3-4,6-7H2/t11-/m0/s1. The molecule has 2 rings (SSSR count). The average Bonchev–Trinajstić information content (AvgIpc) is 2.79. The first-order valence-electron chi connectivity index (χ1n) is 5.98. The molecule has 1 aromatic rings. The van der Waals surface area contributed by atoms with Crippen molar-refractivity contribution in [1.82, 2.24) is 9.62 Å². The van der Waals surface area contributed by atoms with E-state index < -0.39 is 10.0 Å². The summed E-state index contributed by atoms with van der Waals surface area (Å²) >= 11 is 9.13. The molecule has 108 valence electrons. The van der Waals surface area contributed by atoms with Crippen LogP contribution in [0.15, 0.2) is 22.7 Å². The second-order valence-corrected chi connectivity index (χ2v) is 7.69. The van der Waals surface area contributed by atoms with E-state index in [-0.39, 0.29) is 11.8 Å². The third-order valence-corrected chi connectivity index (χ3v) is 5.39. The van der Waals surface area contributed by atoms with Gasteiger partial charge in [-0.25, -0.2) is 13.1 Å². The summed E-state index contributed by atoms with van der Waals surface area (Å²) < 4.78 is 27.5. The zero-order valence-electron chi connectivity index (χ0n) is 10.5. The molecular weight excluding hydrogens is 366 g/mol. The van der Waals surface area contributed by atoms with Gasteiger partial charge in [-0.3, -0.25) is 0 Å². The molecule has 1 N–H and O–H groups in total. The van der Waals surface area contributed by atoms with Crippen LogP contribution in [0, 0.1) is 11.5 Å². The van der Waals surface area contributed by atoms with Crippen molar-refractivity contribution in [3.05, 3.63) is 33.3 Å². The average molecular weight is 379 g/mol. The summed E-state index contributed by atoms with van der Waals surface area (Å²) in [4.78, 5) is 1.55. The van der Waals surface area contributed by atoms with Gasteiger partial charge in [-0.2, -0.15) is 5.26 Å². The number of hydrogen-bond donors (Lipinski definition) is 1. The summed E-state index contributed by atoms with van der Waals surface area (Å²) in [6, 6.07) is 4.80. The van der Waals surface area contributed by atoms with Crippen molar-refractivity contribution in [2.75, 3.05) is 13.1 Å². The van der Waals surface area contributed by atoms with Gasteiger partial charge in [0.05, 0.1) is 5.75 Å². The quantitative estimate of drug-likeness (QED) is 0.814. The first-order chi connectivity index (χ1) is 9.39. The molecule has 1 atom stereocenters. The van der Waals surface area contributed by atoms with E-state index in [0.29, 0.717) is 34.6 Å². The van der Waals surface area contributed by atoms with Crippen LogP contribution in [0.1, 0.15) is 12.0 Å². The maximum absolute atomic E-state index is 12.1. The van der Waals surface area contributed by atoms with Crippen LogP contribution in [0.4, 0.5) is 0 Å². The van der Waals surface area contributed by atoms with Gasteiger partial charge in [-0.1, -0.05) is 33.6 Å². The van der Waals surface area contributed by atoms with Gasteiger partial charge >= 0.3 is 0 Å². The molecule has 1 aliphatic rings. The topological polar surface area (TPSA) is 73.2 Å². The van der Waals surface area contributed by atoms with Gasteiger partial charge in [0.15, 0.2) is 6.19 Å². The number of rotatable bonds is 4. The van der Waals surface area contributed by atoms with Crippen LogP contribution < -0.4 is 4.72 Å². The normalized spacial score (nSPS) is 19.1. The molecule has 0 aromatic heterocycles. The van der Waals surface area contributed by atoms with Crippen molar-refractivity contribution in [2.45, 2.75) is 18.2 Å². The van der Waals surface area contributed by atoms with Crippen LogP contribution >= 0.6 is 27.5 Å². The molecule has 8 heteroatoms. The molecule has 1 heterocycles. The Balaban J connectivity index is 2.03. The second kappa shape index (κ2) is 6.31. The molecule has 0 radical (unpaired) electrons. The Morgan fingerprint density at radius 1 is 1.55 bits per heavy atom. The van der Waals surface area contributed by atoms with Crippen LogP contribution in [-0.4, -0.2) is 32.4 Å². The Bertz CT molecular complexity index is 645. The van der Waals surface area contributed by atoms with E-state index in [1.54, 1.807) is 23.1 Å². The summed E-state index contributed by atoms with van der Waals surface area (Å²) in [7, 11) is -3.44. The number of nitrogens with zero attached hydrogens (tertiary/aromatic N) is 2. The van der Waals surface area contributed by atoms with Crippen LogP contribution in [-0.2, 0) is 15.8 Å². The molecule has 20 heavy (non-hydrogen) atoms. The molecule has 0 aliphatic carbocycles. The lowest BCUT2D eigenvalue weighted by molar-refractivity contribution is 0.470. The molecule has 0 saturated carbocycles. The van der Waals surface area contributed by atoms with E-state index >= 15 is 0 Å². The van der Waals surface area contributed by atoms with E-state index in [0.717, 1.165) is 0 Å². The maximum Gasteiger partial charge on any atom is 0.216 e. The molecule has 0 bridgehead atoms. The van der Waals surface area contributed by atoms with Crippen molar-refractivity contribution < 1.29 is 8.42 Å². The third kappa shape index (κ3) is 4.09. The molecule has 1 aliphatic heterocycles. The molecule has 1 saturated heterocycles. The summed E-state index contributed by atoms with van der Waals surface area (Å²) in [6.45, 7) is 1.02. The van der Waals surface area contributed by atoms with Crippen molar-refractivity contribution in [1.29, 1.82) is 5.26 Å². The predicted octanol–water partition coefficient (Wildman–Crippen LogP) is 2.08. The van der Waals surface area contributed by atoms with Crippen molar-refractivity contribution in [2.24, 2.45) is 0 Å². The lowest BCUT2D eigenvalue weighted by atomic mass is 10.2. The second-order valence-electron chi connectivity index (χ2n) is 4.64. The zero-order chi connectivity index (χ0) is 14.8. The van der Waals surface area contributed by atoms with Crippen molar-refractivity contribution in [3.8, 4) is 6.19 Å². The van der Waals surface area contributed by atoms with Gasteiger partial charge in [0, 0.05) is 28.6 Å². The van der Waals surface area contributed by atoms with Gasteiger partial charge in [0.25, 0.3) is 0 Å². The Hall–Kier alpha value is -0.810. The highest BCUT2D eigenvalue weighted by Crippen LogP contribution is 2.23. The van der Waals surface area contributed by atoms with Gasteiger partial charge in [0.1, 0.15) is 0 Å². The number of benzene rings is 1. The van der Waals surface area contributed by atoms with E-state index in [1.807, 2.05) is 6.19 Å². The molecule has 1 fully saturated rings. The highest BCUT2D eigenvalue weighted by atomic mass is 79.9. The summed E-state index contributed by atoms with van der Waals surface area (Å²) in [6.07, 6.45) is 2.67. The zero-order valence-corrected chi connectivity index (χ0v) is 13.7. The number of nitriles is 1. The summed E-state index contributed by atoms with van der Waals surface area (Å²) in [5.74, 6) is -0.117. The third-order valence-electron chi connectivity index (χ3n) is 3.04. The number of likely N-dealkylation sites (tertiary alicyclic amines) is 1. The van der Waals surface area contributed by atoms with Crippen LogP contribution in [0.2, 0.25) is 5.02 Å². The van der Waals surface area contributed by atoms with E-state index in [9.17, 15) is 8.42 Å². The Morgan fingerprint density at radius 3 is 2.90 bits per heavy atom. The van der Waals surface area contributed by atoms with E-state index in [4.69, 9.17) is 16.9 Å². The lowest BCUT2D eigenvalue weighted by Gasteiger charge is -2.13. The van der Waals surface area contributed by atoms with E-state index in [2.05, 4.69) is 20.7 Å². The minimum Gasteiger partial charge on any atom is -0.309 e. The summed E-state index contributed by atoms with van der Waals surface area (Å²) in [5, 5.41) is 9.31. The number of nitrogens with one attached hydrogen (secondary N) is 1. The molecule has 5 nitrogen and oxygen atoms in total. The number of halogens is 2. The SMILES string of the molecule is N#CN1CC[C@H](NS(=O)(=O)Cc2ccc(Cl)cc2Br)C1. The monoisotopic (exact) mass is 377 g/mol. The largest absolute Gasteiger partial charge is 0.309 e. The highest BCUT2D eigenvalue weighted by Gasteiger charge is 2.26. The molecule has 0 amide bonds. The fourth-order valence-corrected chi connectivity index (χ4v) is 4.54. The fraction of sp³-hybridized carbons (Fsp3) is 0.417. The van der Waals surface area contributed by atoms with Gasteiger partial charge in [-0.05, 0) is 24.1 Å². The first kappa shape index (κ1) is 15.6. The predicted molar refractivity (Wildman–Crippen MR) is 80.5 cm³/mol. The van der Waals surface area contributed by atoms with Crippen molar-refractivity contribution >= 4 is 37.6 Å². The Labute approximate surface area is 131 Å². The molecular formula is C12H13BrClN3O2S. The Kier molecular flexibility index (Phi) is 4.91. The number of hydrogen-bond acceptors (Lipinski definition) is 4. The van der Waals surface area contributed by atoms with Gasteiger partial charge < -0.3 is 4.90 Å².